The average Bonchev–Trinajstić information content (AvgIpc) is 2.62. The molecule has 1 aliphatic heterocycles. The average molecular weight is 306 g/mol. The van der Waals surface area contributed by atoms with Gasteiger partial charge in [-0.25, -0.2) is 0 Å². The van der Waals surface area contributed by atoms with Crippen LogP contribution in [-0.4, -0.2) is 38.5 Å². The van der Waals surface area contributed by atoms with E-state index in [1.54, 1.807) is 0 Å². The van der Waals surface area contributed by atoms with Crippen LogP contribution in [0.3, 0.4) is 0 Å². The van der Waals surface area contributed by atoms with Gasteiger partial charge in [-0.3, -0.25) is 4.79 Å². The number of carbonyl (C=O) groups is 1. The van der Waals surface area contributed by atoms with Crippen molar-refractivity contribution >= 4 is 5.97 Å². The Morgan fingerprint density at radius 3 is 2.55 bits per heavy atom. The summed E-state index contributed by atoms with van der Waals surface area (Å²) in [6.07, 6.45) is 1.44. The zero-order valence-corrected chi connectivity index (χ0v) is 13.5. The highest BCUT2D eigenvalue weighted by Crippen LogP contribution is 2.19. The molecule has 0 amide bonds. The highest BCUT2D eigenvalue weighted by atomic mass is 16.6. The minimum absolute atomic E-state index is 0.114. The van der Waals surface area contributed by atoms with Gasteiger partial charge in [0.25, 0.3) is 0 Å². The van der Waals surface area contributed by atoms with E-state index in [0.29, 0.717) is 26.4 Å². The van der Waals surface area contributed by atoms with E-state index in [-0.39, 0.29) is 23.9 Å². The molecule has 1 aromatic carbocycles. The van der Waals surface area contributed by atoms with Gasteiger partial charge >= 0.3 is 5.97 Å². The van der Waals surface area contributed by atoms with Crippen molar-refractivity contribution in [3.8, 4) is 0 Å². The first kappa shape index (κ1) is 17.0. The third kappa shape index (κ3) is 5.43. The van der Waals surface area contributed by atoms with Crippen molar-refractivity contribution in [3.63, 3.8) is 0 Å². The van der Waals surface area contributed by atoms with Crippen LogP contribution in [0.5, 0.6) is 0 Å². The molecule has 0 aliphatic carbocycles. The molecular weight excluding hydrogens is 280 g/mol. The van der Waals surface area contributed by atoms with Crippen LogP contribution in [0, 0.1) is 11.8 Å². The molecule has 122 valence electrons. The van der Waals surface area contributed by atoms with Gasteiger partial charge < -0.3 is 14.2 Å². The number of hydrogen-bond acceptors (Lipinski definition) is 4. The van der Waals surface area contributed by atoms with Crippen LogP contribution in [0.2, 0.25) is 0 Å². The zero-order valence-electron chi connectivity index (χ0n) is 13.5. The molecule has 4 heteroatoms. The topological polar surface area (TPSA) is 44.8 Å². The molecule has 1 aliphatic rings. The van der Waals surface area contributed by atoms with Gasteiger partial charge in [-0.1, -0.05) is 44.2 Å². The molecule has 0 saturated carbocycles. The Labute approximate surface area is 132 Å². The number of esters is 1. The first-order valence-electron chi connectivity index (χ1n) is 8.06. The van der Waals surface area contributed by atoms with Crippen molar-refractivity contribution in [2.45, 2.75) is 32.8 Å². The van der Waals surface area contributed by atoms with Gasteiger partial charge in [-0.2, -0.15) is 0 Å². The molecule has 1 aromatic rings. The lowest BCUT2D eigenvalue weighted by atomic mass is 9.94. The van der Waals surface area contributed by atoms with Crippen LogP contribution in [-0.2, 0) is 25.4 Å². The molecule has 0 bridgehead atoms. The second-order valence-corrected chi connectivity index (χ2v) is 6.08. The van der Waals surface area contributed by atoms with Crippen molar-refractivity contribution in [3.05, 3.63) is 35.9 Å². The first-order valence-corrected chi connectivity index (χ1v) is 8.06. The summed E-state index contributed by atoms with van der Waals surface area (Å²) in [5.74, 6) is -0.194. The molecule has 2 unspecified atom stereocenters. The predicted molar refractivity (Wildman–Crippen MR) is 84.6 cm³/mol. The maximum absolute atomic E-state index is 12.0. The second kappa shape index (κ2) is 8.91. The highest BCUT2D eigenvalue weighted by molar-refractivity contribution is 5.71. The normalized spacial score (nSPS) is 23.4. The molecule has 22 heavy (non-hydrogen) atoms. The molecule has 1 fully saturated rings. The fourth-order valence-electron chi connectivity index (χ4n) is 2.46. The van der Waals surface area contributed by atoms with Gasteiger partial charge in [0.2, 0.25) is 0 Å². The van der Waals surface area contributed by atoms with Crippen LogP contribution in [0.4, 0.5) is 0 Å². The van der Waals surface area contributed by atoms with E-state index in [1.807, 2.05) is 32.0 Å². The summed E-state index contributed by atoms with van der Waals surface area (Å²) in [4.78, 5) is 12.0. The van der Waals surface area contributed by atoms with E-state index in [1.165, 1.54) is 5.56 Å². The molecule has 1 saturated heterocycles. The number of hydrogen-bond donors (Lipinski definition) is 0. The lowest BCUT2D eigenvalue weighted by Crippen LogP contribution is -2.36. The summed E-state index contributed by atoms with van der Waals surface area (Å²) in [6.45, 7) is 6.07. The Balaban J connectivity index is 2.07. The first-order chi connectivity index (χ1) is 10.7. The third-order valence-corrected chi connectivity index (χ3v) is 3.80. The van der Waals surface area contributed by atoms with Gasteiger partial charge in [0.1, 0.15) is 6.10 Å². The van der Waals surface area contributed by atoms with Crippen molar-refractivity contribution in [1.82, 2.24) is 0 Å². The molecule has 2 rings (SSSR count). The summed E-state index contributed by atoms with van der Waals surface area (Å²) >= 11 is 0. The molecule has 2 atom stereocenters. The van der Waals surface area contributed by atoms with E-state index >= 15 is 0 Å². The maximum atomic E-state index is 12.0. The number of rotatable bonds is 4. The van der Waals surface area contributed by atoms with Gasteiger partial charge in [0, 0.05) is 19.1 Å². The Kier molecular flexibility index (Phi) is 6.87. The van der Waals surface area contributed by atoms with Gasteiger partial charge in [0.15, 0.2) is 0 Å². The van der Waals surface area contributed by atoms with Crippen molar-refractivity contribution < 1.29 is 19.0 Å². The van der Waals surface area contributed by atoms with Crippen LogP contribution in [0.25, 0.3) is 0 Å². The van der Waals surface area contributed by atoms with E-state index in [4.69, 9.17) is 14.2 Å². The number of carbonyl (C=O) groups excluding carboxylic acids is 1. The van der Waals surface area contributed by atoms with Crippen LogP contribution < -0.4 is 0 Å². The summed E-state index contributed by atoms with van der Waals surface area (Å²) < 4.78 is 17.1. The highest BCUT2D eigenvalue weighted by Gasteiger charge is 2.28. The minimum Gasteiger partial charge on any atom is -0.459 e. The fraction of sp³-hybridized carbons (Fsp3) is 0.611. The van der Waals surface area contributed by atoms with Crippen molar-refractivity contribution in [2.24, 2.45) is 11.8 Å². The predicted octanol–water partition coefficient (Wildman–Crippen LogP) is 2.85. The minimum atomic E-state index is -0.256. The Hall–Kier alpha value is -1.39. The molecule has 0 aromatic heterocycles. The Morgan fingerprint density at radius 1 is 1.18 bits per heavy atom. The SMILES string of the molecule is CC(C)C(=O)OC1COCCCOCC1Cc1ccccc1. The van der Waals surface area contributed by atoms with Gasteiger partial charge in [-0.05, 0) is 18.4 Å². The molecule has 0 radical (unpaired) electrons. The second-order valence-electron chi connectivity index (χ2n) is 6.08. The molecule has 4 nitrogen and oxygen atoms in total. The Bertz CT molecular complexity index is 444. The van der Waals surface area contributed by atoms with Crippen molar-refractivity contribution in [1.29, 1.82) is 0 Å². The lowest BCUT2D eigenvalue weighted by Gasteiger charge is -2.27. The monoisotopic (exact) mass is 306 g/mol. The largest absolute Gasteiger partial charge is 0.459 e. The molecule has 0 spiro atoms. The quantitative estimate of drug-likeness (QED) is 0.802. The number of benzene rings is 1. The third-order valence-electron chi connectivity index (χ3n) is 3.80. The standard InChI is InChI=1S/C18H26O4/c1-14(2)18(19)22-17-13-21-10-6-9-20-12-16(17)11-15-7-4-3-5-8-15/h3-5,7-8,14,16-17H,6,9-13H2,1-2H3. The fourth-order valence-corrected chi connectivity index (χ4v) is 2.46. The lowest BCUT2D eigenvalue weighted by molar-refractivity contribution is -0.160. The van der Waals surface area contributed by atoms with Crippen LogP contribution in [0.1, 0.15) is 25.8 Å². The summed E-state index contributed by atoms with van der Waals surface area (Å²) in [5, 5.41) is 0. The summed E-state index contributed by atoms with van der Waals surface area (Å²) in [6, 6.07) is 10.2. The van der Waals surface area contributed by atoms with E-state index in [2.05, 4.69) is 12.1 Å². The van der Waals surface area contributed by atoms with E-state index in [9.17, 15) is 4.79 Å². The molecule has 1 heterocycles. The zero-order chi connectivity index (χ0) is 15.8. The smallest absolute Gasteiger partial charge is 0.308 e. The van der Waals surface area contributed by atoms with Crippen molar-refractivity contribution in [2.75, 3.05) is 26.4 Å². The summed E-state index contributed by atoms with van der Waals surface area (Å²) in [5.41, 5.74) is 1.22. The van der Waals surface area contributed by atoms with E-state index < -0.39 is 0 Å². The van der Waals surface area contributed by atoms with Crippen LogP contribution >= 0.6 is 0 Å². The van der Waals surface area contributed by atoms with Crippen LogP contribution in [0.15, 0.2) is 30.3 Å². The van der Waals surface area contributed by atoms with Gasteiger partial charge in [-0.15, -0.1) is 0 Å². The maximum Gasteiger partial charge on any atom is 0.308 e. The van der Waals surface area contributed by atoms with E-state index in [0.717, 1.165) is 12.8 Å². The number of ether oxygens (including phenoxy) is 3. The summed E-state index contributed by atoms with van der Waals surface area (Å²) in [7, 11) is 0. The molecular formula is C18H26O4. The molecule has 0 N–H and O–H groups in total. The van der Waals surface area contributed by atoms with Gasteiger partial charge in [0.05, 0.1) is 19.1 Å². The Morgan fingerprint density at radius 2 is 1.86 bits per heavy atom.